The molecule has 0 bridgehead atoms. The predicted octanol–water partition coefficient (Wildman–Crippen LogP) is 2.85. The van der Waals surface area contributed by atoms with Gasteiger partial charge in [0.15, 0.2) is 0 Å². The van der Waals surface area contributed by atoms with Crippen LogP contribution < -0.4 is 0 Å². The van der Waals surface area contributed by atoms with Crippen molar-refractivity contribution in [3.8, 4) is 0 Å². The molecule has 0 aliphatic carbocycles. The maximum atomic E-state index is 12.5. The van der Waals surface area contributed by atoms with Crippen LogP contribution in [0.1, 0.15) is 11.6 Å². The second-order valence-corrected chi connectivity index (χ2v) is 6.52. The minimum Gasteiger partial charge on any atom is -0.332 e. The van der Waals surface area contributed by atoms with Crippen molar-refractivity contribution in [1.29, 1.82) is 0 Å². The molecule has 1 aliphatic rings. The average Bonchev–Trinajstić information content (AvgIpc) is 3.01. The quantitative estimate of drug-likeness (QED) is 0.872. The molecular formula is C15H16ClN3OS. The Bertz CT molecular complexity index is 600. The number of halogens is 1. The first kappa shape index (κ1) is 14.5. The summed E-state index contributed by atoms with van der Waals surface area (Å²) >= 11 is 7.83. The van der Waals surface area contributed by atoms with Crippen LogP contribution in [0.5, 0.6) is 0 Å². The predicted molar refractivity (Wildman–Crippen MR) is 85.5 cm³/mol. The summed E-state index contributed by atoms with van der Waals surface area (Å²) in [6.07, 6.45) is 3.50. The van der Waals surface area contributed by atoms with Gasteiger partial charge in [0.2, 0.25) is 5.91 Å². The molecule has 0 saturated carbocycles. The summed E-state index contributed by atoms with van der Waals surface area (Å²) in [6.45, 7) is 1.07. The fourth-order valence-corrected chi connectivity index (χ4v) is 3.70. The lowest BCUT2D eigenvalue weighted by atomic mass is 10.1. The summed E-state index contributed by atoms with van der Waals surface area (Å²) in [4.78, 5) is 14.5. The lowest BCUT2D eigenvalue weighted by molar-refractivity contribution is -0.134. The smallest absolute Gasteiger partial charge is 0.244 e. The van der Waals surface area contributed by atoms with Crippen LogP contribution in [0.15, 0.2) is 42.7 Å². The number of aromatic nitrogens is 2. The Morgan fingerprint density at radius 1 is 1.38 bits per heavy atom. The maximum Gasteiger partial charge on any atom is 0.244 e. The number of carbonyl (C=O) groups is 1. The third-order valence-electron chi connectivity index (χ3n) is 3.56. The zero-order valence-corrected chi connectivity index (χ0v) is 13.1. The molecule has 4 nitrogen and oxygen atoms in total. The molecule has 0 N–H and O–H groups in total. The van der Waals surface area contributed by atoms with E-state index in [0.29, 0.717) is 6.54 Å². The first-order valence-electron chi connectivity index (χ1n) is 6.84. The Balaban J connectivity index is 1.77. The summed E-state index contributed by atoms with van der Waals surface area (Å²) in [7, 11) is 0. The van der Waals surface area contributed by atoms with Gasteiger partial charge in [0.1, 0.15) is 6.54 Å². The Morgan fingerprint density at radius 3 is 2.90 bits per heavy atom. The zero-order chi connectivity index (χ0) is 14.7. The monoisotopic (exact) mass is 321 g/mol. The molecule has 2 aromatic rings. The average molecular weight is 322 g/mol. The molecule has 21 heavy (non-hydrogen) atoms. The van der Waals surface area contributed by atoms with Gasteiger partial charge in [-0.05, 0) is 23.8 Å². The van der Waals surface area contributed by atoms with Crippen molar-refractivity contribution in [3.63, 3.8) is 0 Å². The topological polar surface area (TPSA) is 38.1 Å². The molecule has 1 atom stereocenters. The lowest BCUT2D eigenvalue weighted by Crippen LogP contribution is -2.42. The number of thioether (sulfide) groups is 1. The SMILES string of the molecule is O=C(Cn1cccn1)N1CCSC[C@H]1c1ccc(Cl)cc1. The van der Waals surface area contributed by atoms with Gasteiger partial charge in [-0.2, -0.15) is 16.9 Å². The molecule has 2 heterocycles. The van der Waals surface area contributed by atoms with E-state index in [1.165, 1.54) is 0 Å². The normalized spacial score (nSPS) is 18.7. The highest BCUT2D eigenvalue weighted by molar-refractivity contribution is 7.99. The highest BCUT2D eigenvalue weighted by Gasteiger charge is 2.28. The number of carbonyl (C=O) groups excluding carboxylic acids is 1. The summed E-state index contributed by atoms with van der Waals surface area (Å²) in [5.41, 5.74) is 1.14. The standard InChI is InChI=1S/C15H16ClN3OS/c16-13-4-2-12(3-5-13)14-11-21-9-8-19(14)15(20)10-18-7-1-6-17-18/h1-7,14H,8-11H2/t14-/m0/s1. The first-order valence-corrected chi connectivity index (χ1v) is 8.37. The van der Waals surface area contributed by atoms with Crippen molar-refractivity contribution in [3.05, 3.63) is 53.3 Å². The fraction of sp³-hybridized carbons (Fsp3) is 0.333. The van der Waals surface area contributed by atoms with E-state index in [9.17, 15) is 4.79 Å². The van der Waals surface area contributed by atoms with Crippen LogP contribution in [0.2, 0.25) is 5.02 Å². The highest BCUT2D eigenvalue weighted by atomic mass is 35.5. The van der Waals surface area contributed by atoms with Gasteiger partial charge in [0, 0.05) is 35.5 Å². The molecule has 0 spiro atoms. The van der Waals surface area contributed by atoms with Gasteiger partial charge in [0.25, 0.3) is 0 Å². The Labute approximate surface area is 133 Å². The van der Waals surface area contributed by atoms with Crippen molar-refractivity contribution in [1.82, 2.24) is 14.7 Å². The molecular weight excluding hydrogens is 306 g/mol. The minimum atomic E-state index is 0.110. The maximum absolute atomic E-state index is 12.5. The molecule has 1 aromatic heterocycles. The second kappa shape index (κ2) is 6.54. The van der Waals surface area contributed by atoms with Crippen LogP contribution in [0.25, 0.3) is 0 Å². The molecule has 1 amide bonds. The van der Waals surface area contributed by atoms with E-state index in [1.54, 1.807) is 10.9 Å². The molecule has 1 aliphatic heterocycles. The zero-order valence-electron chi connectivity index (χ0n) is 11.5. The van der Waals surface area contributed by atoms with E-state index < -0.39 is 0 Å². The van der Waals surface area contributed by atoms with Crippen LogP contribution in [0.3, 0.4) is 0 Å². The Hall–Kier alpha value is -1.46. The van der Waals surface area contributed by atoms with Crippen LogP contribution in [0, 0.1) is 0 Å². The number of amides is 1. The molecule has 6 heteroatoms. The van der Waals surface area contributed by atoms with E-state index >= 15 is 0 Å². The number of benzene rings is 1. The van der Waals surface area contributed by atoms with E-state index in [4.69, 9.17) is 11.6 Å². The Morgan fingerprint density at radius 2 is 2.19 bits per heavy atom. The van der Waals surface area contributed by atoms with Crippen molar-refractivity contribution in [2.24, 2.45) is 0 Å². The molecule has 110 valence electrons. The third-order valence-corrected chi connectivity index (χ3v) is 4.83. The van der Waals surface area contributed by atoms with Crippen LogP contribution in [-0.2, 0) is 11.3 Å². The molecule has 1 aromatic carbocycles. The van der Waals surface area contributed by atoms with Crippen LogP contribution in [-0.4, -0.2) is 38.6 Å². The van der Waals surface area contributed by atoms with E-state index in [0.717, 1.165) is 28.6 Å². The lowest BCUT2D eigenvalue weighted by Gasteiger charge is -2.35. The van der Waals surface area contributed by atoms with Crippen LogP contribution in [0.4, 0.5) is 0 Å². The van der Waals surface area contributed by atoms with E-state index in [2.05, 4.69) is 5.10 Å². The van der Waals surface area contributed by atoms with E-state index in [1.807, 2.05) is 53.2 Å². The molecule has 0 radical (unpaired) electrons. The first-order chi connectivity index (χ1) is 10.2. The van der Waals surface area contributed by atoms with Crippen molar-refractivity contribution >= 4 is 29.3 Å². The minimum absolute atomic E-state index is 0.110. The fourth-order valence-electron chi connectivity index (χ4n) is 2.49. The number of rotatable bonds is 3. The summed E-state index contributed by atoms with van der Waals surface area (Å²) < 4.78 is 1.67. The number of hydrogen-bond donors (Lipinski definition) is 0. The van der Waals surface area contributed by atoms with Gasteiger partial charge in [-0.25, -0.2) is 0 Å². The van der Waals surface area contributed by atoms with Gasteiger partial charge in [-0.1, -0.05) is 23.7 Å². The summed E-state index contributed by atoms with van der Waals surface area (Å²) in [6, 6.07) is 9.72. The van der Waals surface area contributed by atoms with Gasteiger partial charge in [-0.3, -0.25) is 9.48 Å². The van der Waals surface area contributed by atoms with Crippen molar-refractivity contribution in [2.45, 2.75) is 12.6 Å². The summed E-state index contributed by atoms with van der Waals surface area (Å²) in [5, 5.41) is 4.83. The molecule has 3 rings (SSSR count). The molecule has 0 unspecified atom stereocenters. The van der Waals surface area contributed by atoms with Gasteiger partial charge < -0.3 is 4.90 Å². The van der Waals surface area contributed by atoms with E-state index in [-0.39, 0.29) is 11.9 Å². The number of hydrogen-bond acceptors (Lipinski definition) is 3. The number of nitrogens with zero attached hydrogens (tertiary/aromatic N) is 3. The highest BCUT2D eigenvalue weighted by Crippen LogP contribution is 2.30. The van der Waals surface area contributed by atoms with Gasteiger partial charge in [0.05, 0.1) is 6.04 Å². The van der Waals surface area contributed by atoms with Gasteiger partial charge >= 0.3 is 0 Å². The third kappa shape index (κ3) is 3.41. The van der Waals surface area contributed by atoms with Crippen LogP contribution >= 0.6 is 23.4 Å². The van der Waals surface area contributed by atoms with Crippen molar-refractivity contribution < 1.29 is 4.79 Å². The molecule has 1 saturated heterocycles. The van der Waals surface area contributed by atoms with Crippen molar-refractivity contribution in [2.75, 3.05) is 18.1 Å². The van der Waals surface area contributed by atoms with Gasteiger partial charge in [-0.15, -0.1) is 0 Å². The largest absolute Gasteiger partial charge is 0.332 e. The molecule has 1 fully saturated rings. The second-order valence-electron chi connectivity index (χ2n) is 4.93. The Kier molecular flexibility index (Phi) is 4.51. The summed E-state index contributed by atoms with van der Waals surface area (Å²) in [5.74, 6) is 2.01.